The average molecular weight is 470 g/mol. The Hall–Kier alpha value is -3.30. The molecule has 33 heavy (non-hydrogen) atoms. The zero-order valence-corrected chi connectivity index (χ0v) is 20.1. The Bertz CT molecular complexity index is 1330. The van der Waals surface area contributed by atoms with Crippen LogP contribution < -0.4 is 5.32 Å². The summed E-state index contributed by atoms with van der Waals surface area (Å²) in [7, 11) is -0.792. The molecule has 0 aliphatic heterocycles. The summed E-state index contributed by atoms with van der Waals surface area (Å²) in [6, 6.07) is 11.9. The molecule has 0 radical (unpaired) electrons. The average Bonchev–Trinajstić information content (AvgIpc) is 2.78. The van der Waals surface area contributed by atoms with E-state index < -0.39 is 28.5 Å². The van der Waals surface area contributed by atoms with Crippen molar-refractivity contribution in [3.8, 4) is 0 Å². The fraction of sp³-hybridized carbons (Fsp3) is 0.292. The molecule has 1 amide bonds. The van der Waals surface area contributed by atoms with Crippen molar-refractivity contribution in [2.45, 2.75) is 32.1 Å². The smallest absolute Gasteiger partial charge is 0.339 e. The Balaban J connectivity index is 1.78. The molecule has 1 aromatic heterocycles. The van der Waals surface area contributed by atoms with Crippen molar-refractivity contribution in [1.82, 2.24) is 9.29 Å². The minimum atomic E-state index is -3.67. The van der Waals surface area contributed by atoms with Crippen molar-refractivity contribution in [3.63, 3.8) is 0 Å². The van der Waals surface area contributed by atoms with E-state index in [9.17, 15) is 18.0 Å². The Morgan fingerprint density at radius 3 is 2.45 bits per heavy atom. The summed E-state index contributed by atoms with van der Waals surface area (Å²) in [5.41, 5.74) is 3.43. The summed E-state index contributed by atoms with van der Waals surface area (Å²) in [5, 5.41) is 3.25. The van der Waals surface area contributed by atoms with Crippen LogP contribution in [0.5, 0.6) is 0 Å². The first-order valence-electron chi connectivity index (χ1n) is 10.4. The number of sulfonamides is 1. The van der Waals surface area contributed by atoms with Crippen LogP contribution in [0, 0.1) is 13.8 Å². The Labute approximate surface area is 193 Å². The molecule has 0 saturated carbocycles. The van der Waals surface area contributed by atoms with Gasteiger partial charge in [-0.2, -0.15) is 0 Å². The first-order chi connectivity index (χ1) is 15.6. The van der Waals surface area contributed by atoms with E-state index >= 15 is 0 Å². The van der Waals surface area contributed by atoms with Gasteiger partial charge in [0.1, 0.15) is 0 Å². The van der Waals surface area contributed by atoms with E-state index in [1.807, 2.05) is 32.0 Å². The summed E-state index contributed by atoms with van der Waals surface area (Å²) in [6.45, 7) is 4.93. The van der Waals surface area contributed by atoms with Gasteiger partial charge in [-0.15, -0.1) is 0 Å². The van der Waals surface area contributed by atoms with Crippen molar-refractivity contribution in [2.24, 2.45) is 0 Å². The number of amides is 1. The van der Waals surface area contributed by atoms with E-state index in [0.717, 1.165) is 15.6 Å². The number of benzene rings is 2. The van der Waals surface area contributed by atoms with Gasteiger partial charge in [0.25, 0.3) is 5.91 Å². The molecule has 174 valence electrons. The number of nitrogens with one attached hydrogen (secondary N) is 1. The highest BCUT2D eigenvalue weighted by atomic mass is 32.2. The van der Waals surface area contributed by atoms with Crippen LogP contribution in [-0.4, -0.2) is 50.3 Å². The molecule has 0 bridgehead atoms. The normalized spacial score (nSPS) is 11.6. The van der Waals surface area contributed by atoms with Crippen LogP contribution in [0.2, 0.25) is 0 Å². The van der Waals surface area contributed by atoms with Crippen LogP contribution >= 0.6 is 0 Å². The third kappa shape index (κ3) is 5.04. The first kappa shape index (κ1) is 24.3. The number of carbonyl (C=O) groups is 2. The van der Waals surface area contributed by atoms with E-state index in [1.165, 1.54) is 20.2 Å². The number of anilines is 1. The summed E-state index contributed by atoms with van der Waals surface area (Å²) >= 11 is 0. The molecule has 3 aromatic rings. The summed E-state index contributed by atoms with van der Waals surface area (Å²) in [5.74, 6) is -1.19. The highest BCUT2D eigenvalue weighted by Gasteiger charge is 2.22. The number of fused-ring (bicyclic) bond motifs is 1. The molecule has 0 saturated heterocycles. The van der Waals surface area contributed by atoms with E-state index in [-0.39, 0.29) is 4.90 Å². The second-order valence-corrected chi connectivity index (χ2v) is 9.94. The van der Waals surface area contributed by atoms with Gasteiger partial charge in [0.15, 0.2) is 6.61 Å². The molecule has 9 heteroatoms. The van der Waals surface area contributed by atoms with E-state index in [0.29, 0.717) is 34.1 Å². The van der Waals surface area contributed by atoms with Gasteiger partial charge in [0, 0.05) is 30.9 Å². The zero-order chi connectivity index (χ0) is 24.3. The first-order valence-corrected chi connectivity index (χ1v) is 11.9. The molecule has 0 aliphatic carbocycles. The number of para-hydroxylation sites is 1. The second-order valence-electron chi connectivity index (χ2n) is 7.82. The Kier molecular flexibility index (Phi) is 7.14. The van der Waals surface area contributed by atoms with Crippen LogP contribution in [0.25, 0.3) is 10.9 Å². The molecule has 0 fully saturated rings. The van der Waals surface area contributed by atoms with Crippen molar-refractivity contribution >= 4 is 38.5 Å². The number of carbonyl (C=O) groups excluding carboxylic acids is 2. The largest absolute Gasteiger partial charge is 0.452 e. The highest BCUT2D eigenvalue weighted by Crippen LogP contribution is 2.25. The fourth-order valence-corrected chi connectivity index (χ4v) is 4.66. The molecule has 0 aliphatic rings. The maximum absolute atomic E-state index is 12.9. The molecule has 3 rings (SSSR count). The van der Waals surface area contributed by atoms with Crippen LogP contribution in [-0.2, 0) is 26.0 Å². The number of nitrogens with zero attached hydrogens (tertiary/aromatic N) is 2. The molecule has 2 aromatic carbocycles. The second kappa shape index (κ2) is 9.68. The molecule has 1 N–H and O–H groups in total. The minimum absolute atomic E-state index is 0.0910. The topological polar surface area (TPSA) is 106 Å². The van der Waals surface area contributed by atoms with Gasteiger partial charge in [-0.05, 0) is 49.6 Å². The van der Waals surface area contributed by atoms with Crippen molar-refractivity contribution in [2.75, 3.05) is 26.0 Å². The van der Waals surface area contributed by atoms with Crippen molar-refractivity contribution in [1.29, 1.82) is 0 Å². The van der Waals surface area contributed by atoms with E-state index in [2.05, 4.69) is 10.3 Å². The van der Waals surface area contributed by atoms with Crippen molar-refractivity contribution < 1.29 is 22.7 Å². The maximum atomic E-state index is 12.9. The third-order valence-electron chi connectivity index (χ3n) is 5.34. The van der Waals surface area contributed by atoms with Gasteiger partial charge < -0.3 is 10.1 Å². The lowest BCUT2D eigenvalue weighted by molar-refractivity contribution is -0.119. The van der Waals surface area contributed by atoms with Gasteiger partial charge in [-0.1, -0.05) is 31.2 Å². The van der Waals surface area contributed by atoms with Crippen molar-refractivity contribution in [3.05, 3.63) is 64.8 Å². The highest BCUT2D eigenvalue weighted by molar-refractivity contribution is 7.89. The van der Waals surface area contributed by atoms with Crippen LogP contribution in [0.3, 0.4) is 0 Å². The molecular formula is C24H27N3O5S. The van der Waals surface area contributed by atoms with E-state index in [4.69, 9.17) is 4.74 Å². The molecule has 0 atom stereocenters. The number of hydrogen-bond donors (Lipinski definition) is 1. The standard InChI is InChI=1S/C24H27N3O5S/c1-6-19-16(3)23(18-9-7-8-10-20(18)26-19)24(29)32-14-22(28)25-17-12-11-15(2)21(13-17)33(30,31)27(4)5/h7-13H,6,14H2,1-5H3,(H,25,28). The van der Waals surface area contributed by atoms with Crippen LogP contribution in [0.4, 0.5) is 5.69 Å². The zero-order valence-electron chi connectivity index (χ0n) is 19.3. The van der Waals surface area contributed by atoms with Crippen LogP contribution in [0.1, 0.15) is 34.1 Å². The monoisotopic (exact) mass is 469 g/mol. The van der Waals surface area contributed by atoms with Gasteiger partial charge in [-0.25, -0.2) is 17.5 Å². The quantitative estimate of drug-likeness (QED) is 0.531. The number of hydrogen-bond acceptors (Lipinski definition) is 6. The summed E-state index contributed by atoms with van der Waals surface area (Å²) < 4.78 is 31.4. The fourth-order valence-electron chi connectivity index (χ4n) is 3.52. The SMILES string of the molecule is CCc1nc2ccccc2c(C(=O)OCC(=O)Nc2ccc(C)c(S(=O)(=O)N(C)C)c2)c1C. The third-order valence-corrected chi connectivity index (χ3v) is 7.30. The molecule has 0 spiro atoms. The lowest BCUT2D eigenvalue weighted by Crippen LogP contribution is -2.24. The predicted octanol–water partition coefficient (Wildman–Crippen LogP) is 3.46. The lowest BCUT2D eigenvalue weighted by atomic mass is 10.0. The minimum Gasteiger partial charge on any atom is -0.452 e. The number of pyridine rings is 1. The van der Waals surface area contributed by atoms with Gasteiger partial charge in [-0.3, -0.25) is 9.78 Å². The summed E-state index contributed by atoms with van der Waals surface area (Å²) in [6.07, 6.45) is 0.656. The van der Waals surface area contributed by atoms with Gasteiger partial charge in [0.2, 0.25) is 10.0 Å². The number of esters is 1. The Morgan fingerprint density at radius 1 is 1.09 bits per heavy atom. The predicted molar refractivity (Wildman–Crippen MR) is 127 cm³/mol. The molecule has 0 unspecified atom stereocenters. The Morgan fingerprint density at radius 2 is 1.79 bits per heavy atom. The molecular weight excluding hydrogens is 442 g/mol. The summed E-state index contributed by atoms with van der Waals surface area (Å²) in [4.78, 5) is 30.0. The number of aryl methyl sites for hydroxylation is 2. The molecule has 1 heterocycles. The number of ether oxygens (including phenoxy) is 1. The lowest BCUT2D eigenvalue weighted by Gasteiger charge is -2.15. The molecule has 8 nitrogen and oxygen atoms in total. The number of rotatable bonds is 7. The number of aromatic nitrogens is 1. The maximum Gasteiger partial charge on any atom is 0.339 e. The van der Waals surface area contributed by atoms with E-state index in [1.54, 1.807) is 25.1 Å². The van der Waals surface area contributed by atoms with Crippen LogP contribution in [0.15, 0.2) is 47.4 Å². The van der Waals surface area contributed by atoms with Gasteiger partial charge in [0.05, 0.1) is 16.0 Å². The van der Waals surface area contributed by atoms with Gasteiger partial charge >= 0.3 is 5.97 Å².